The third-order valence-corrected chi connectivity index (χ3v) is 3.95. The van der Waals surface area contributed by atoms with Crippen LogP contribution in [0, 0.1) is 0 Å². The second-order valence-corrected chi connectivity index (χ2v) is 5.27. The fourth-order valence-electron chi connectivity index (χ4n) is 2.28. The molecule has 3 N–H and O–H groups in total. The van der Waals surface area contributed by atoms with Gasteiger partial charge in [0.25, 0.3) is 0 Å². The highest BCUT2D eigenvalue weighted by Crippen LogP contribution is 2.25. The molecule has 0 radical (unpaired) electrons. The molecule has 0 saturated heterocycles. The van der Waals surface area contributed by atoms with Crippen molar-refractivity contribution < 1.29 is 0 Å². The molecule has 0 fully saturated rings. The van der Waals surface area contributed by atoms with Crippen molar-refractivity contribution in [1.82, 2.24) is 15.3 Å². The number of hydrogen-bond donors (Lipinski definition) is 3. The van der Waals surface area contributed by atoms with E-state index < -0.39 is 11.1 Å². The Morgan fingerprint density at radius 3 is 2.45 bits per heavy atom. The average Bonchev–Trinajstić information content (AvgIpc) is 2.95. The van der Waals surface area contributed by atoms with Crippen molar-refractivity contribution in [1.29, 1.82) is 0 Å². The van der Waals surface area contributed by atoms with Crippen LogP contribution < -0.4 is 16.4 Å². The first-order valence-electron chi connectivity index (χ1n) is 6.14. The van der Waals surface area contributed by atoms with Gasteiger partial charge in [0, 0.05) is 0 Å². The van der Waals surface area contributed by atoms with Crippen molar-refractivity contribution >= 4 is 22.4 Å². The van der Waals surface area contributed by atoms with Gasteiger partial charge < -0.3 is 15.3 Å². The van der Waals surface area contributed by atoms with E-state index in [-0.39, 0.29) is 6.04 Å². The van der Waals surface area contributed by atoms with E-state index >= 15 is 0 Å². The van der Waals surface area contributed by atoms with Gasteiger partial charge in [-0.25, -0.2) is 0 Å². The van der Waals surface area contributed by atoms with Crippen LogP contribution in [-0.4, -0.2) is 17.0 Å². The number of H-pyrrole nitrogens is 2. The normalized spacial score (nSPS) is 12.7. The summed E-state index contributed by atoms with van der Waals surface area (Å²) in [5.74, 6) is 0. The molecule has 3 aromatic rings. The molecule has 0 aliphatic heterocycles. The van der Waals surface area contributed by atoms with Crippen molar-refractivity contribution in [2.75, 3.05) is 7.05 Å². The Labute approximate surface area is 118 Å². The Kier molecular flexibility index (Phi) is 3.25. The quantitative estimate of drug-likeness (QED) is 0.640. The molecule has 6 heteroatoms. The fourth-order valence-corrected chi connectivity index (χ4v) is 2.96. The summed E-state index contributed by atoms with van der Waals surface area (Å²) in [6, 6.07) is 7.74. The molecule has 0 amide bonds. The van der Waals surface area contributed by atoms with Crippen LogP contribution in [0.25, 0.3) is 11.0 Å². The number of benzene rings is 1. The highest BCUT2D eigenvalue weighted by molar-refractivity contribution is 7.08. The van der Waals surface area contributed by atoms with Crippen LogP contribution >= 0.6 is 11.3 Å². The lowest BCUT2D eigenvalue weighted by Crippen LogP contribution is -2.29. The van der Waals surface area contributed by atoms with Gasteiger partial charge in [-0.05, 0) is 47.1 Å². The largest absolute Gasteiger partial charge is 0.316 e. The molecule has 20 heavy (non-hydrogen) atoms. The van der Waals surface area contributed by atoms with E-state index in [2.05, 4.69) is 26.7 Å². The summed E-state index contributed by atoms with van der Waals surface area (Å²) >= 11 is 1.64. The molecule has 2 aromatic heterocycles. The third-order valence-electron chi connectivity index (χ3n) is 3.24. The van der Waals surface area contributed by atoms with E-state index in [0.717, 1.165) is 5.56 Å². The van der Waals surface area contributed by atoms with Crippen LogP contribution in [0.5, 0.6) is 0 Å². The Hall–Kier alpha value is -2.18. The minimum atomic E-state index is -0.633. The summed E-state index contributed by atoms with van der Waals surface area (Å²) in [5, 5.41) is 7.37. The van der Waals surface area contributed by atoms with Crippen LogP contribution in [0.4, 0.5) is 0 Å². The smallest absolute Gasteiger partial charge is 0.314 e. The first-order chi connectivity index (χ1) is 9.69. The van der Waals surface area contributed by atoms with Crippen molar-refractivity contribution in [3.63, 3.8) is 0 Å². The number of thiophene rings is 1. The lowest BCUT2D eigenvalue weighted by Gasteiger charge is -2.16. The van der Waals surface area contributed by atoms with E-state index in [1.54, 1.807) is 17.4 Å². The van der Waals surface area contributed by atoms with Gasteiger partial charge in [0.2, 0.25) is 0 Å². The number of fused-ring (bicyclic) bond motifs is 1. The van der Waals surface area contributed by atoms with Crippen LogP contribution in [-0.2, 0) is 0 Å². The summed E-state index contributed by atoms with van der Waals surface area (Å²) in [5.41, 5.74) is 2.19. The number of hydrogen-bond acceptors (Lipinski definition) is 4. The third kappa shape index (κ3) is 2.19. The van der Waals surface area contributed by atoms with Gasteiger partial charge in [-0.15, -0.1) is 0 Å². The molecule has 2 heterocycles. The second-order valence-electron chi connectivity index (χ2n) is 4.49. The molecule has 1 unspecified atom stereocenters. The van der Waals surface area contributed by atoms with Gasteiger partial charge in [0.05, 0.1) is 17.1 Å². The molecule has 0 aliphatic carbocycles. The van der Waals surface area contributed by atoms with E-state index in [9.17, 15) is 9.59 Å². The van der Waals surface area contributed by atoms with Crippen molar-refractivity contribution in [2.45, 2.75) is 6.04 Å². The minimum Gasteiger partial charge on any atom is -0.316 e. The predicted octanol–water partition coefficient (Wildman–Crippen LogP) is 1.59. The zero-order valence-corrected chi connectivity index (χ0v) is 11.6. The van der Waals surface area contributed by atoms with Crippen molar-refractivity contribution in [3.05, 3.63) is 66.9 Å². The van der Waals surface area contributed by atoms with Gasteiger partial charge >= 0.3 is 11.1 Å². The monoisotopic (exact) mass is 287 g/mol. The maximum absolute atomic E-state index is 11.4. The molecular formula is C14H13N3O2S. The number of nitrogens with one attached hydrogen (secondary N) is 3. The van der Waals surface area contributed by atoms with Crippen LogP contribution in [0.3, 0.4) is 0 Å². The zero-order chi connectivity index (χ0) is 14.1. The Morgan fingerprint density at radius 1 is 1.05 bits per heavy atom. The summed E-state index contributed by atoms with van der Waals surface area (Å²) < 4.78 is 0. The summed E-state index contributed by atoms with van der Waals surface area (Å²) in [4.78, 5) is 27.8. The van der Waals surface area contributed by atoms with Gasteiger partial charge in [0.15, 0.2) is 0 Å². The molecule has 1 atom stereocenters. The molecule has 102 valence electrons. The SMILES string of the molecule is CNC(c1ccsc1)c1ccc2[nH]c(=O)c(=O)[nH]c2c1. The highest BCUT2D eigenvalue weighted by Gasteiger charge is 2.13. The van der Waals surface area contributed by atoms with Crippen LogP contribution in [0.15, 0.2) is 44.6 Å². The Bertz CT molecular complexity index is 849. The standard InChI is InChI=1S/C14H13N3O2S/c1-15-12(9-4-5-20-7-9)8-2-3-10-11(6-8)17-14(19)13(18)16-10/h2-7,12,15H,1H3,(H,16,18)(H,17,19). The average molecular weight is 287 g/mol. The van der Waals surface area contributed by atoms with Crippen molar-refractivity contribution in [3.8, 4) is 0 Å². The molecular weight excluding hydrogens is 274 g/mol. The fraction of sp³-hybridized carbons (Fsp3) is 0.143. The Balaban J connectivity index is 2.15. The van der Waals surface area contributed by atoms with Crippen LogP contribution in [0.2, 0.25) is 0 Å². The molecule has 0 bridgehead atoms. The molecule has 0 saturated carbocycles. The van der Waals surface area contributed by atoms with E-state index in [0.29, 0.717) is 11.0 Å². The molecule has 3 rings (SSSR count). The lowest BCUT2D eigenvalue weighted by atomic mass is 10.0. The zero-order valence-electron chi connectivity index (χ0n) is 10.8. The number of aromatic nitrogens is 2. The van der Waals surface area contributed by atoms with Gasteiger partial charge in [-0.3, -0.25) is 9.59 Å². The number of rotatable bonds is 3. The van der Waals surface area contributed by atoms with Crippen molar-refractivity contribution in [2.24, 2.45) is 0 Å². The summed E-state index contributed by atoms with van der Waals surface area (Å²) in [7, 11) is 1.89. The van der Waals surface area contributed by atoms with Gasteiger partial charge in [-0.1, -0.05) is 6.07 Å². The topological polar surface area (TPSA) is 77.8 Å². The first kappa shape index (κ1) is 12.8. The molecule has 0 aliphatic rings. The second kappa shape index (κ2) is 5.07. The van der Waals surface area contributed by atoms with Crippen LogP contribution in [0.1, 0.15) is 17.2 Å². The van der Waals surface area contributed by atoms with E-state index in [4.69, 9.17) is 0 Å². The summed E-state index contributed by atoms with van der Waals surface area (Å²) in [6.07, 6.45) is 0. The molecule has 1 aromatic carbocycles. The first-order valence-corrected chi connectivity index (χ1v) is 7.09. The highest BCUT2D eigenvalue weighted by atomic mass is 32.1. The maximum atomic E-state index is 11.4. The predicted molar refractivity (Wildman–Crippen MR) is 80.4 cm³/mol. The summed E-state index contributed by atoms with van der Waals surface area (Å²) in [6.45, 7) is 0. The molecule has 0 spiro atoms. The lowest BCUT2D eigenvalue weighted by molar-refractivity contribution is 0.695. The maximum Gasteiger partial charge on any atom is 0.314 e. The molecule has 5 nitrogen and oxygen atoms in total. The Morgan fingerprint density at radius 2 is 1.80 bits per heavy atom. The van der Waals surface area contributed by atoms with E-state index in [1.807, 2.05) is 24.6 Å². The minimum absolute atomic E-state index is 0.0566. The van der Waals surface area contributed by atoms with Gasteiger partial charge in [0.1, 0.15) is 0 Å². The van der Waals surface area contributed by atoms with Gasteiger partial charge in [-0.2, -0.15) is 11.3 Å². The van der Waals surface area contributed by atoms with E-state index in [1.165, 1.54) is 5.56 Å². The number of aromatic amines is 2.